The van der Waals surface area contributed by atoms with Gasteiger partial charge >= 0.3 is 6.16 Å². The van der Waals surface area contributed by atoms with E-state index in [4.69, 9.17) is 18.9 Å². The zero-order valence-electron chi connectivity index (χ0n) is 57.3. The summed E-state index contributed by atoms with van der Waals surface area (Å²) in [5.41, 5.74) is 0. The van der Waals surface area contributed by atoms with E-state index in [1.807, 2.05) is 0 Å². The van der Waals surface area contributed by atoms with Gasteiger partial charge in [-0.05, 0) is 89.9 Å². The SMILES string of the molecule is CCCCCCCCCCCCCCCCCCOCC(CCCCCCCC/C=C\C[C@H](O)CCCCCC)OC(=O)OC(CCCCCCCC/C=C\C[C@H](O)CCCCCC)COCCCCCCCCCCCCCCCCCC. The number of ether oxygens (including phenoxy) is 4. The van der Waals surface area contributed by atoms with Gasteiger partial charge in [0.2, 0.25) is 0 Å². The first-order chi connectivity index (χ1) is 41.5. The van der Waals surface area contributed by atoms with E-state index in [9.17, 15) is 15.0 Å². The van der Waals surface area contributed by atoms with Crippen LogP contribution < -0.4 is 0 Å². The lowest BCUT2D eigenvalue weighted by atomic mass is 10.0. The van der Waals surface area contributed by atoms with Crippen molar-refractivity contribution in [1.29, 1.82) is 0 Å². The van der Waals surface area contributed by atoms with E-state index < -0.39 is 6.16 Å². The molecule has 0 bridgehead atoms. The van der Waals surface area contributed by atoms with Gasteiger partial charge in [-0.15, -0.1) is 0 Å². The maximum Gasteiger partial charge on any atom is 0.508 e. The van der Waals surface area contributed by atoms with Crippen LogP contribution in [0.5, 0.6) is 0 Å². The van der Waals surface area contributed by atoms with E-state index in [2.05, 4.69) is 52.0 Å². The highest BCUT2D eigenvalue weighted by Crippen LogP contribution is 2.20. The van der Waals surface area contributed by atoms with E-state index >= 15 is 0 Å². The van der Waals surface area contributed by atoms with Gasteiger partial charge in [-0.1, -0.05) is 347 Å². The Kier molecular flexibility index (Phi) is 71.1. The molecule has 0 saturated carbocycles. The number of hydrogen-bond donors (Lipinski definition) is 2. The maximum absolute atomic E-state index is 13.6. The molecule has 7 nitrogen and oxygen atoms in total. The van der Waals surface area contributed by atoms with Crippen LogP contribution >= 0.6 is 0 Å². The molecule has 2 N–H and O–H groups in total. The summed E-state index contributed by atoms with van der Waals surface area (Å²) in [5.74, 6) is 0. The predicted octanol–water partition coefficient (Wildman–Crippen LogP) is 25.2. The molecule has 0 rings (SSSR count). The summed E-state index contributed by atoms with van der Waals surface area (Å²) >= 11 is 0. The average Bonchev–Trinajstić information content (AvgIpc) is 3.49. The lowest BCUT2D eigenvalue weighted by molar-refractivity contribution is -0.0527. The van der Waals surface area contributed by atoms with Crippen LogP contribution in [-0.4, -0.2) is 67.2 Å². The monoisotopic (exact) mass is 1190 g/mol. The van der Waals surface area contributed by atoms with Gasteiger partial charge in [0, 0.05) is 13.2 Å². The number of rotatable bonds is 72. The number of hydrogen-bond acceptors (Lipinski definition) is 7. The Balaban J connectivity index is 5.04. The molecule has 84 heavy (non-hydrogen) atoms. The van der Waals surface area contributed by atoms with E-state index in [0.29, 0.717) is 13.2 Å². The van der Waals surface area contributed by atoms with Crippen molar-refractivity contribution in [1.82, 2.24) is 0 Å². The topological polar surface area (TPSA) is 94.5 Å². The largest absolute Gasteiger partial charge is 0.508 e. The van der Waals surface area contributed by atoms with Gasteiger partial charge in [0.15, 0.2) is 0 Å². The van der Waals surface area contributed by atoms with Crippen LogP contribution in [0.25, 0.3) is 0 Å². The number of unbranched alkanes of at least 4 members (excludes halogenated alkanes) is 48. The molecule has 0 amide bonds. The fraction of sp³-hybridized carbons (Fsp3) is 0.935. The van der Waals surface area contributed by atoms with E-state index in [1.54, 1.807) is 0 Å². The minimum absolute atomic E-state index is 0.192. The third kappa shape index (κ3) is 68.1. The molecule has 500 valence electrons. The number of aliphatic hydroxyl groups excluding tert-OH is 2. The highest BCUT2D eigenvalue weighted by molar-refractivity contribution is 5.60. The average molecular weight is 1190 g/mol. The number of carbonyl (C=O) groups excluding carboxylic acids is 1. The molecule has 0 fully saturated rings. The second-order valence-corrected chi connectivity index (χ2v) is 26.3. The number of carbonyl (C=O) groups is 1. The number of aliphatic hydroxyl groups is 2. The zero-order valence-corrected chi connectivity index (χ0v) is 57.3. The molecule has 0 aromatic rings. The molecule has 0 radical (unpaired) electrons. The minimum Gasteiger partial charge on any atom is -0.429 e. The fourth-order valence-electron chi connectivity index (χ4n) is 11.9. The summed E-state index contributed by atoms with van der Waals surface area (Å²) in [5, 5.41) is 20.6. The zero-order chi connectivity index (χ0) is 60.8. The highest BCUT2D eigenvalue weighted by atomic mass is 16.7. The van der Waals surface area contributed by atoms with Crippen LogP contribution in [0.2, 0.25) is 0 Å². The Morgan fingerprint density at radius 1 is 0.286 bits per heavy atom. The summed E-state index contributed by atoms with van der Waals surface area (Å²) in [6, 6.07) is 0. The first-order valence-electron chi connectivity index (χ1n) is 38.1. The standard InChI is InChI=1S/C77H150O7/c1-5-9-13-17-19-21-23-25-27-29-31-33-41-47-53-61-69-81-71-75(67-59-51-45-39-35-37-43-49-57-65-73(78)63-55-15-11-7-3)83-77(80)84-76(68-60-52-46-40-36-38-44-50-58-66-74(79)64-56-16-12-8-4)72-82-70-62-54-48-42-34-32-30-28-26-24-22-20-18-14-10-6-2/h49-50,57-58,73-76,78-79H,5-48,51-56,59-72H2,1-4H3/b57-49-,58-50-/t73-,74-,75?,76?/m1/s1. The van der Waals surface area contributed by atoms with Crippen LogP contribution in [0, 0.1) is 0 Å². The van der Waals surface area contributed by atoms with Crippen LogP contribution in [-0.2, 0) is 18.9 Å². The van der Waals surface area contributed by atoms with E-state index in [0.717, 1.165) is 116 Å². The normalized spacial score (nSPS) is 13.4. The minimum atomic E-state index is -0.559. The molecule has 4 atom stereocenters. The molecule has 0 aliphatic heterocycles. The van der Waals surface area contributed by atoms with Crippen molar-refractivity contribution in [2.75, 3.05) is 26.4 Å². The Labute approximate surface area is 525 Å². The Morgan fingerprint density at radius 2 is 0.512 bits per heavy atom. The molecule has 0 aromatic heterocycles. The van der Waals surface area contributed by atoms with Gasteiger partial charge in [0.1, 0.15) is 12.2 Å². The Morgan fingerprint density at radius 3 is 0.798 bits per heavy atom. The van der Waals surface area contributed by atoms with Crippen molar-refractivity contribution in [3.63, 3.8) is 0 Å². The van der Waals surface area contributed by atoms with E-state index in [1.165, 1.54) is 283 Å². The molecule has 2 unspecified atom stereocenters. The van der Waals surface area contributed by atoms with Gasteiger partial charge in [0.05, 0.1) is 25.4 Å². The van der Waals surface area contributed by atoms with Crippen LogP contribution in [0.3, 0.4) is 0 Å². The quantitative estimate of drug-likeness (QED) is 0.0356. The van der Waals surface area contributed by atoms with Crippen molar-refractivity contribution >= 4 is 6.16 Å². The number of allylic oxidation sites excluding steroid dienone is 2. The summed E-state index contributed by atoms with van der Waals surface area (Å²) in [6.45, 7) is 11.4. The van der Waals surface area contributed by atoms with E-state index in [-0.39, 0.29) is 24.4 Å². The lowest BCUT2D eigenvalue weighted by Gasteiger charge is -2.22. The van der Waals surface area contributed by atoms with Crippen LogP contribution in [0.1, 0.15) is 413 Å². The molecule has 7 heteroatoms. The van der Waals surface area contributed by atoms with Gasteiger partial charge in [-0.25, -0.2) is 4.79 Å². The molecule has 0 saturated heterocycles. The van der Waals surface area contributed by atoms with Crippen molar-refractivity contribution < 1.29 is 34.0 Å². The molecule has 0 aliphatic rings. The third-order valence-corrected chi connectivity index (χ3v) is 17.6. The summed E-state index contributed by atoms with van der Waals surface area (Å²) in [7, 11) is 0. The van der Waals surface area contributed by atoms with Crippen LogP contribution in [0.4, 0.5) is 4.79 Å². The summed E-state index contributed by atoms with van der Waals surface area (Å²) in [6.07, 6.45) is 81.7. The third-order valence-electron chi connectivity index (χ3n) is 17.6. The summed E-state index contributed by atoms with van der Waals surface area (Å²) < 4.78 is 24.8. The second-order valence-electron chi connectivity index (χ2n) is 26.3. The van der Waals surface area contributed by atoms with Gasteiger partial charge < -0.3 is 29.2 Å². The van der Waals surface area contributed by atoms with Crippen molar-refractivity contribution in [2.45, 2.75) is 437 Å². The Bertz CT molecular complexity index is 1190. The predicted molar refractivity (Wildman–Crippen MR) is 367 cm³/mol. The maximum atomic E-state index is 13.6. The first-order valence-corrected chi connectivity index (χ1v) is 38.1. The molecule has 0 spiro atoms. The van der Waals surface area contributed by atoms with Crippen molar-refractivity contribution in [2.24, 2.45) is 0 Å². The molecular weight excluding hydrogens is 1040 g/mol. The Hall–Kier alpha value is -1.41. The van der Waals surface area contributed by atoms with Gasteiger partial charge in [-0.3, -0.25) is 0 Å². The molecular formula is C77H150O7. The van der Waals surface area contributed by atoms with Gasteiger partial charge in [0.25, 0.3) is 0 Å². The fourth-order valence-corrected chi connectivity index (χ4v) is 11.9. The van der Waals surface area contributed by atoms with Crippen LogP contribution in [0.15, 0.2) is 24.3 Å². The molecule has 0 aliphatic carbocycles. The summed E-state index contributed by atoms with van der Waals surface area (Å²) in [4.78, 5) is 13.6. The molecule has 0 aromatic carbocycles. The highest BCUT2D eigenvalue weighted by Gasteiger charge is 2.21. The molecule has 0 heterocycles. The smallest absolute Gasteiger partial charge is 0.429 e. The van der Waals surface area contributed by atoms with Crippen molar-refractivity contribution in [3.8, 4) is 0 Å². The first kappa shape index (κ1) is 82.6. The van der Waals surface area contributed by atoms with Gasteiger partial charge in [-0.2, -0.15) is 0 Å². The second kappa shape index (κ2) is 72.3. The lowest BCUT2D eigenvalue weighted by Crippen LogP contribution is -2.29. The van der Waals surface area contributed by atoms with Crippen molar-refractivity contribution in [3.05, 3.63) is 24.3 Å².